The Bertz CT molecular complexity index is 196. The van der Waals surface area contributed by atoms with Crippen molar-refractivity contribution < 1.29 is 4.74 Å². The van der Waals surface area contributed by atoms with Gasteiger partial charge in [0.05, 0.1) is 13.2 Å². The molecule has 0 spiro atoms. The minimum atomic E-state index is 0.617. The van der Waals surface area contributed by atoms with Crippen LogP contribution in [0.2, 0.25) is 0 Å². The molecule has 5 heteroatoms. The lowest BCUT2D eigenvalue weighted by atomic mass is 10.1. The van der Waals surface area contributed by atoms with Gasteiger partial charge in [0, 0.05) is 20.2 Å². The molecule has 0 saturated heterocycles. The minimum Gasteiger partial charge on any atom is -0.383 e. The summed E-state index contributed by atoms with van der Waals surface area (Å²) in [6.07, 6.45) is 1.16. The first-order valence-electron chi connectivity index (χ1n) is 5.94. The quantitative estimate of drug-likeness (QED) is 0.223. The van der Waals surface area contributed by atoms with E-state index in [-0.39, 0.29) is 0 Å². The summed E-state index contributed by atoms with van der Waals surface area (Å²) in [5.41, 5.74) is 2.66. The Balaban J connectivity index is 4.31. The van der Waals surface area contributed by atoms with E-state index in [0.717, 1.165) is 25.5 Å². The lowest BCUT2D eigenvalue weighted by Crippen LogP contribution is -2.46. The first-order chi connectivity index (χ1) is 7.69. The number of nitrogens with one attached hydrogen (secondary N) is 1. The highest BCUT2D eigenvalue weighted by Gasteiger charge is 2.10. The van der Waals surface area contributed by atoms with Crippen molar-refractivity contribution >= 4 is 5.96 Å². The van der Waals surface area contributed by atoms with E-state index in [4.69, 9.17) is 10.6 Å². The monoisotopic (exact) mass is 230 g/mol. The van der Waals surface area contributed by atoms with Crippen molar-refractivity contribution in [1.82, 2.24) is 10.3 Å². The minimum absolute atomic E-state index is 0.617. The molecule has 0 fully saturated rings. The average Bonchev–Trinajstić information content (AvgIpc) is 2.32. The predicted molar refractivity (Wildman–Crippen MR) is 68.2 cm³/mol. The van der Waals surface area contributed by atoms with Crippen LogP contribution in [0.15, 0.2) is 4.99 Å². The second kappa shape index (κ2) is 9.42. The van der Waals surface area contributed by atoms with Crippen molar-refractivity contribution in [2.45, 2.75) is 27.2 Å². The third-order valence-electron chi connectivity index (χ3n) is 2.60. The van der Waals surface area contributed by atoms with Crippen molar-refractivity contribution in [2.75, 3.05) is 33.4 Å². The third kappa shape index (κ3) is 5.92. The molecule has 0 amide bonds. The molecule has 3 N–H and O–H groups in total. The number of guanidine groups is 1. The molecule has 5 nitrogen and oxygen atoms in total. The Morgan fingerprint density at radius 2 is 2.19 bits per heavy atom. The molecule has 0 radical (unpaired) electrons. The van der Waals surface area contributed by atoms with Gasteiger partial charge < -0.3 is 9.64 Å². The number of hydrazine groups is 1. The molecule has 0 aromatic carbocycles. The van der Waals surface area contributed by atoms with Crippen LogP contribution in [-0.4, -0.2) is 44.2 Å². The van der Waals surface area contributed by atoms with Crippen molar-refractivity contribution in [3.63, 3.8) is 0 Å². The summed E-state index contributed by atoms with van der Waals surface area (Å²) in [4.78, 5) is 6.53. The first-order valence-corrected chi connectivity index (χ1v) is 5.94. The maximum atomic E-state index is 5.49. The van der Waals surface area contributed by atoms with E-state index >= 15 is 0 Å². The second-order valence-corrected chi connectivity index (χ2v) is 3.89. The summed E-state index contributed by atoms with van der Waals surface area (Å²) in [6, 6.07) is 0. The lowest BCUT2D eigenvalue weighted by molar-refractivity contribution is 0.207. The molecule has 1 atom stereocenters. The average molecular weight is 230 g/mol. The molecule has 16 heavy (non-hydrogen) atoms. The van der Waals surface area contributed by atoms with Gasteiger partial charge in [-0.3, -0.25) is 5.43 Å². The van der Waals surface area contributed by atoms with Crippen LogP contribution in [-0.2, 0) is 4.74 Å². The molecule has 0 aromatic rings. The van der Waals surface area contributed by atoms with Gasteiger partial charge in [-0.2, -0.15) is 0 Å². The van der Waals surface area contributed by atoms with Gasteiger partial charge in [-0.05, 0) is 12.8 Å². The lowest BCUT2D eigenvalue weighted by Gasteiger charge is -2.26. The standard InChI is InChI=1S/C11H26N4O/c1-5-10(3)9-15(6-2)11(14-12)13-7-8-16-4/h10H,5-9,12H2,1-4H3,(H,13,14). The summed E-state index contributed by atoms with van der Waals surface area (Å²) in [5, 5.41) is 0. The second-order valence-electron chi connectivity index (χ2n) is 3.89. The highest BCUT2D eigenvalue weighted by Crippen LogP contribution is 2.04. The van der Waals surface area contributed by atoms with Gasteiger partial charge >= 0.3 is 0 Å². The molecule has 96 valence electrons. The molecular weight excluding hydrogens is 204 g/mol. The topological polar surface area (TPSA) is 62.9 Å². The van der Waals surface area contributed by atoms with Gasteiger partial charge in [0.15, 0.2) is 0 Å². The Labute approximate surface area is 99.0 Å². The molecule has 0 saturated carbocycles. The number of rotatable bonds is 7. The zero-order chi connectivity index (χ0) is 12.4. The molecule has 0 aromatic heterocycles. The maximum absolute atomic E-state index is 5.49. The number of methoxy groups -OCH3 is 1. The van der Waals surface area contributed by atoms with Crippen molar-refractivity contribution in [2.24, 2.45) is 16.8 Å². The molecule has 0 aliphatic rings. The zero-order valence-corrected chi connectivity index (χ0v) is 11.0. The molecular formula is C11H26N4O. The van der Waals surface area contributed by atoms with Crippen LogP contribution >= 0.6 is 0 Å². The summed E-state index contributed by atoms with van der Waals surface area (Å²) < 4.78 is 4.96. The van der Waals surface area contributed by atoms with E-state index in [9.17, 15) is 0 Å². The summed E-state index contributed by atoms with van der Waals surface area (Å²) in [5.74, 6) is 6.87. The van der Waals surface area contributed by atoms with Gasteiger partial charge in [-0.15, -0.1) is 0 Å². The SMILES string of the molecule is CCC(C)CN(CC)C(=NCCOC)NN. The highest BCUT2D eigenvalue weighted by atomic mass is 16.5. The van der Waals surface area contributed by atoms with Crippen molar-refractivity contribution in [3.8, 4) is 0 Å². The van der Waals surface area contributed by atoms with Gasteiger partial charge in [0.25, 0.3) is 0 Å². The number of hydrogen-bond acceptors (Lipinski definition) is 3. The van der Waals surface area contributed by atoms with Crippen LogP contribution in [0.1, 0.15) is 27.2 Å². The smallest absolute Gasteiger partial charge is 0.208 e. The van der Waals surface area contributed by atoms with Crippen LogP contribution in [0.4, 0.5) is 0 Å². The fourth-order valence-corrected chi connectivity index (χ4v) is 1.35. The van der Waals surface area contributed by atoms with E-state index in [1.807, 2.05) is 0 Å². The van der Waals surface area contributed by atoms with Gasteiger partial charge in [-0.1, -0.05) is 20.3 Å². The highest BCUT2D eigenvalue weighted by molar-refractivity contribution is 5.79. The van der Waals surface area contributed by atoms with E-state index < -0.39 is 0 Å². The van der Waals surface area contributed by atoms with Crippen LogP contribution < -0.4 is 11.3 Å². The summed E-state index contributed by atoms with van der Waals surface area (Å²) in [7, 11) is 1.67. The number of aliphatic imine (C=N–C) groups is 1. The summed E-state index contributed by atoms with van der Waals surface area (Å²) in [6.45, 7) is 9.65. The normalized spacial score (nSPS) is 13.7. The Morgan fingerprint density at radius 3 is 2.62 bits per heavy atom. The molecule has 0 heterocycles. The fraction of sp³-hybridized carbons (Fsp3) is 0.909. The Morgan fingerprint density at radius 1 is 1.50 bits per heavy atom. The van der Waals surface area contributed by atoms with Crippen molar-refractivity contribution in [3.05, 3.63) is 0 Å². The van der Waals surface area contributed by atoms with Gasteiger partial charge in [0.2, 0.25) is 5.96 Å². The zero-order valence-electron chi connectivity index (χ0n) is 11.0. The number of hydrogen-bond donors (Lipinski definition) is 2. The maximum Gasteiger partial charge on any atom is 0.208 e. The molecule has 0 bridgehead atoms. The molecule has 0 rings (SSSR count). The molecule has 0 aliphatic heterocycles. The van der Waals surface area contributed by atoms with Crippen LogP contribution in [0.25, 0.3) is 0 Å². The number of nitrogens with two attached hydrogens (primary N) is 1. The molecule has 1 unspecified atom stereocenters. The number of nitrogens with zero attached hydrogens (tertiary/aromatic N) is 2. The van der Waals surface area contributed by atoms with Gasteiger partial charge in [-0.25, -0.2) is 10.8 Å². The molecule has 0 aliphatic carbocycles. The predicted octanol–water partition coefficient (Wildman–Crippen LogP) is 0.820. The largest absolute Gasteiger partial charge is 0.383 e. The van der Waals surface area contributed by atoms with Crippen LogP contribution in [0.3, 0.4) is 0 Å². The third-order valence-corrected chi connectivity index (χ3v) is 2.60. The van der Waals surface area contributed by atoms with Crippen molar-refractivity contribution in [1.29, 1.82) is 0 Å². The van der Waals surface area contributed by atoms with Crippen LogP contribution in [0.5, 0.6) is 0 Å². The van der Waals surface area contributed by atoms with E-state index in [2.05, 4.69) is 36.1 Å². The Hall–Kier alpha value is -0.810. The van der Waals surface area contributed by atoms with Gasteiger partial charge in [0.1, 0.15) is 0 Å². The Kier molecular flexibility index (Phi) is 8.94. The van der Waals surface area contributed by atoms with E-state index in [1.165, 1.54) is 0 Å². The summed E-state index contributed by atoms with van der Waals surface area (Å²) >= 11 is 0. The first kappa shape index (κ1) is 15.2. The van der Waals surface area contributed by atoms with E-state index in [1.54, 1.807) is 7.11 Å². The van der Waals surface area contributed by atoms with E-state index in [0.29, 0.717) is 19.1 Å². The number of ether oxygens (including phenoxy) is 1. The van der Waals surface area contributed by atoms with Crippen LogP contribution in [0, 0.1) is 5.92 Å². The fourth-order valence-electron chi connectivity index (χ4n) is 1.35.